The van der Waals surface area contributed by atoms with Crippen LogP contribution in [-0.2, 0) is 0 Å². The minimum Gasteiger partial charge on any atom is -0.456 e. The Morgan fingerprint density at radius 1 is 0.333 bits per heavy atom. The van der Waals surface area contributed by atoms with Gasteiger partial charge < -0.3 is 13.4 Å². The summed E-state index contributed by atoms with van der Waals surface area (Å²) in [5, 5.41) is 6.39. The highest BCUT2D eigenvalue weighted by atomic mass is 16.3. The summed E-state index contributed by atoms with van der Waals surface area (Å²) in [5.41, 5.74) is 11.5. The molecule has 0 aliphatic carbocycles. The third-order valence-electron chi connectivity index (χ3n) is 11.1. The molecule has 0 N–H and O–H groups in total. The zero-order valence-corrected chi connectivity index (χ0v) is 30.4. The Bertz CT molecular complexity index is 3450. The number of hydrogen-bond acceptors (Lipinski definition) is 5. The lowest BCUT2D eigenvalue weighted by Crippen LogP contribution is -2.00. The second-order valence-electron chi connectivity index (χ2n) is 14.4. The molecule has 12 rings (SSSR count). The van der Waals surface area contributed by atoms with Crippen molar-refractivity contribution in [2.24, 2.45) is 0 Å². The molecule has 0 unspecified atom stereocenters. The van der Waals surface area contributed by atoms with E-state index >= 15 is 0 Å². The van der Waals surface area contributed by atoms with Crippen LogP contribution in [0.25, 0.3) is 117 Å². The average Bonchev–Trinajstić information content (AvgIpc) is 3.94. The maximum atomic E-state index is 6.65. The summed E-state index contributed by atoms with van der Waals surface area (Å²) in [4.78, 5) is 15.0. The average molecular weight is 731 g/mol. The number of hydrogen-bond donors (Lipinski definition) is 0. The Hall–Kier alpha value is -7.83. The van der Waals surface area contributed by atoms with Gasteiger partial charge in [0.2, 0.25) is 0 Å². The highest BCUT2D eigenvalue weighted by Gasteiger charge is 2.21. The van der Waals surface area contributed by atoms with E-state index in [-0.39, 0.29) is 0 Å². The molecule has 0 saturated carbocycles. The van der Waals surface area contributed by atoms with Crippen LogP contribution in [0.4, 0.5) is 0 Å². The maximum absolute atomic E-state index is 6.65. The number of fused-ring (bicyclic) bond motifs is 9. The van der Waals surface area contributed by atoms with E-state index in [0.29, 0.717) is 17.5 Å². The van der Waals surface area contributed by atoms with Crippen LogP contribution >= 0.6 is 0 Å². The van der Waals surface area contributed by atoms with Gasteiger partial charge in [-0.05, 0) is 47.5 Å². The summed E-state index contributed by atoms with van der Waals surface area (Å²) >= 11 is 0. The first-order valence-electron chi connectivity index (χ1n) is 19.0. The van der Waals surface area contributed by atoms with Gasteiger partial charge in [0, 0.05) is 66.8 Å². The second kappa shape index (κ2) is 12.3. The molecule has 4 aromatic heterocycles. The number of nitrogens with zero attached hydrogens (tertiary/aromatic N) is 4. The Morgan fingerprint density at radius 2 is 0.930 bits per heavy atom. The lowest BCUT2D eigenvalue weighted by molar-refractivity contribution is 0.656. The molecule has 4 heterocycles. The second-order valence-corrected chi connectivity index (χ2v) is 14.4. The van der Waals surface area contributed by atoms with Crippen LogP contribution in [0.5, 0.6) is 0 Å². The fourth-order valence-electron chi connectivity index (χ4n) is 8.40. The molecule has 266 valence electrons. The summed E-state index contributed by atoms with van der Waals surface area (Å²) in [6.45, 7) is 0. The smallest absolute Gasteiger partial charge is 0.164 e. The van der Waals surface area contributed by atoms with Gasteiger partial charge in [0.05, 0.1) is 11.0 Å². The van der Waals surface area contributed by atoms with Crippen LogP contribution in [0.1, 0.15) is 0 Å². The van der Waals surface area contributed by atoms with Crippen molar-refractivity contribution in [2.45, 2.75) is 0 Å². The van der Waals surface area contributed by atoms with Gasteiger partial charge in [-0.1, -0.05) is 133 Å². The Labute approximate surface area is 325 Å². The fourth-order valence-corrected chi connectivity index (χ4v) is 8.40. The standard InChI is InChI=1S/C51H30N4O2/c1-4-13-31(14-5-1)34-23-25-37-36-19-10-11-21-42(36)55(43(37)27-34)35-24-26-38-40-29-41-47(30-46(40)57-45(38)28-35)56-44-22-12-20-39(48(41)44)51-53-49(32-15-6-2-7-16-32)52-50(54-51)33-17-8-3-9-18-33/h1-30H. The van der Waals surface area contributed by atoms with Crippen LogP contribution in [0.15, 0.2) is 191 Å². The lowest BCUT2D eigenvalue weighted by Gasteiger charge is -2.09. The van der Waals surface area contributed by atoms with Crippen molar-refractivity contribution in [3.8, 4) is 51.0 Å². The molecule has 6 heteroatoms. The van der Waals surface area contributed by atoms with Crippen LogP contribution in [0.3, 0.4) is 0 Å². The van der Waals surface area contributed by atoms with Gasteiger partial charge in [-0.15, -0.1) is 0 Å². The minimum absolute atomic E-state index is 0.583. The van der Waals surface area contributed by atoms with E-state index in [1.165, 1.54) is 21.9 Å². The van der Waals surface area contributed by atoms with Gasteiger partial charge in [0.15, 0.2) is 17.5 Å². The normalized spacial score (nSPS) is 11.9. The van der Waals surface area contributed by atoms with Crippen molar-refractivity contribution in [1.82, 2.24) is 19.5 Å². The fraction of sp³-hybridized carbons (Fsp3) is 0. The summed E-state index contributed by atoms with van der Waals surface area (Å²) in [5.74, 6) is 1.81. The van der Waals surface area contributed by atoms with Crippen molar-refractivity contribution in [3.63, 3.8) is 0 Å². The summed E-state index contributed by atoms with van der Waals surface area (Å²) in [6, 6.07) is 62.8. The van der Waals surface area contributed by atoms with Crippen molar-refractivity contribution < 1.29 is 8.83 Å². The van der Waals surface area contributed by atoms with Crippen LogP contribution < -0.4 is 0 Å². The molecule has 8 aromatic carbocycles. The van der Waals surface area contributed by atoms with Gasteiger partial charge in [-0.2, -0.15) is 0 Å². The molecule has 0 atom stereocenters. The molecule has 57 heavy (non-hydrogen) atoms. The zero-order valence-electron chi connectivity index (χ0n) is 30.4. The van der Waals surface area contributed by atoms with Gasteiger partial charge >= 0.3 is 0 Å². The van der Waals surface area contributed by atoms with E-state index in [4.69, 9.17) is 23.8 Å². The maximum Gasteiger partial charge on any atom is 0.164 e. The third kappa shape index (κ3) is 5.01. The van der Waals surface area contributed by atoms with Gasteiger partial charge in [-0.3, -0.25) is 0 Å². The largest absolute Gasteiger partial charge is 0.456 e. The molecule has 0 amide bonds. The van der Waals surface area contributed by atoms with Crippen LogP contribution in [-0.4, -0.2) is 19.5 Å². The summed E-state index contributed by atoms with van der Waals surface area (Å²) in [6.07, 6.45) is 0. The van der Waals surface area contributed by atoms with Crippen LogP contribution in [0, 0.1) is 0 Å². The van der Waals surface area contributed by atoms with E-state index in [9.17, 15) is 0 Å². The summed E-state index contributed by atoms with van der Waals surface area (Å²) < 4.78 is 15.5. The van der Waals surface area contributed by atoms with Gasteiger partial charge in [0.1, 0.15) is 22.3 Å². The quantitative estimate of drug-likeness (QED) is 0.176. The molecule has 0 aliphatic rings. The van der Waals surface area contributed by atoms with Gasteiger partial charge in [0.25, 0.3) is 0 Å². The molecule has 0 saturated heterocycles. The highest BCUT2D eigenvalue weighted by molar-refractivity contribution is 6.18. The molecule has 6 nitrogen and oxygen atoms in total. The third-order valence-corrected chi connectivity index (χ3v) is 11.1. The number of para-hydroxylation sites is 1. The van der Waals surface area contributed by atoms with E-state index < -0.39 is 0 Å². The minimum atomic E-state index is 0.583. The lowest BCUT2D eigenvalue weighted by atomic mass is 10.0. The van der Waals surface area contributed by atoms with Gasteiger partial charge in [-0.25, -0.2) is 15.0 Å². The van der Waals surface area contributed by atoms with Crippen molar-refractivity contribution >= 4 is 65.7 Å². The molecule has 0 fully saturated rings. The Kier molecular flexibility index (Phi) is 6.83. The molecule has 0 spiro atoms. The number of aromatic nitrogens is 4. The molecule has 0 radical (unpaired) electrons. The van der Waals surface area contributed by atoms with E-state index in [0.717, 1.165) is 77.3 Å². The molecular weight excluding hydrogens is 701 g/mol. The zero-order chi connectivity index (χ0) is 37.5. The van der Waals surface area contributed by atoms with E-state index in [2.05, 4.69) is 108 Å². The Balaban J connectivity index is 1.04. The molecule has 0 aliphatic heterocycles. The predicted octanol–water partition coefficient (Wildman–Crippen LogP) is 13.4. The van der Waals surface area contributed by atoms with Crippen molar-refractivity contribution in [2.75, 3.05) is 0 Å². The van der Waals surface area contributed by atoms with E-state index in [1.54, 1.807) is 0 Å². The Morgan fingerprint density at radius 3 is 1.68 bits per heavy atom. The SMILES string of the molecule is c1ccc(-c2ccc3c4ccccc4n(-c4ccc5c(c4)oc4cc6oc7cccc(-c8nc(-c9ccccc9)nc(-c9ccccc9)n8)c7c6cc45)c3c2)cc1. The summed E-state index contributed by atoms with van der Waals surface area (Å²) in [7, 11) is 0. The molecule has 12 aromatic rings. The first-order chi connectivity index (χ1) is 28.2. The van der Waals surface area contributed by atoms with Crippen molar-refractivity contribution in [3.05, 3.63) is 182 Å². The number of furan rings is 2. The topological polar surface area (TPSA) is 69.9 Å². The van der Waals surface area contributed by atoms with Crippen LogP contribution in [0.2, 0.25) is 0 Å². The molecular formula is C51H30N4O2. The first kappa shape index (κ1) is 31.5. The molecule has 0 bridgehead atoms. The number of benzene rings is 8. The van der Waals surface area contributed by atoms with Crippen molar-refractivity contribution in [1.29, 1.82) is 0 Å². The monoisotopic (exact) mass is 730 g/mol. The first-order valence-corrected chi connectivity index (χ1v) is 19.0. The predicted molar refractivity (Wildman–Crippen MR) is 230 cm³/mol. The number of rotatable bonds is 5. The highest BCUT2D eigenvalue weighted by Crippen LogP contribution is 2.42. The van der Waals surface area contributed by atoms with E-state index in [1.807, 2.05) is 78.9 Å².